The van der Waals surface area contributed by atoms with Gasteiger partial charge in [0.25, 0.3) is 6.71 Å². The van der Waals surface area contributed by atoms with Gasteiger partial charge < -0.3 is 9.80 Å². The third-order valence-corrected chi connectivity index (χ3v) is 14.2. The van der Waals surface area contributed by atoms with Gasteiger partial charge in [0, 0.05) is 50.6 Å². The number of rotatable bonds is 6. The number of fused-ring (bicyclic) bond motifs is 9. The summed E-state index contributed by atoms with van der Waals surface area (Å²) in [4.78, 5) is 15.9. The van der Waals surface area contributed by atoms with E-state index in [9.17, 15) is 0 Å². The second-order valence-corrected chi connectivity index (χ2v) is 18.1. The molecule has 14 rings (SSSR count). The highest BCUT2D eigenvalue weighted by molar-refractivity contribution is 7.03. The molecule has 320 valence electrons. The molecule has 5 heteroatoms. The number of benzene rings is 11. The van der Waals surface area contributed by atoms with Crippen molar-refractivity contribution in [2.45, 2.75) is 0 Å². The summed E-state index contributed by atoms with van der Waals surface area (Å²) in [6.45, 7) is -0.108. The van der Waals surface area contributed by atoms with Crippen molar-refractivity contribution < 1.29 is 0 Å². The Kier molecular flexibility index (Phi) is 8.96. The van der Waals surface area contributed by atoms with E-state index in [-0.39, 0.29) is 6.71 Å². The Labute approximate surface area is 401 Å². The first-order chi connectivity index (χ1) is 34.2. The molecule has 0 unspecified atom stereocenters. The SMILES string of the molecule is c1ccc(-c2ccc(N3c4cc(-c5nc(-c6ccccc6)c6ccccc6n5)cc5c4B(c4c3ccc3ccccc43)c3c(ccc4ccccc34)N5c3ccc(-c4ccccc4)cc3)cc2)cc1. The molecule has 2 aliphatic heterocycles. The molecule has 1 aromatic heterocycles. The first kappa shape index (κ1) is 39.1. The summed E-state index contributed by atoms with van der Waals surface area (Å²) in [5.41, 5.74) is 19.1. The summed E-state index contributed by atoms with van der Waals surface area (Å²) in [5.74, 6) is 0.676. The van der Waals surface area contributed by atoms with Crippen molar-refractivity contribution >= 4 is 89.7 Å². The molecule has 0 saturated heterocycles. The number of anilines is 6. The lowest BCUT2D eigenvalue weighted by atomic mass is 9.32. The molecule has 3 heterocycles. The highest BCUT2D eigenvalue weighted by atomic mass is 15.2. The molecule has 69 heavy (non-hydrogen) atoms. The number of hydrogen-bond acceptors (Lipinski definition) is 4. The molecular weight excluding hydrogens is 836 g/mol. The second kappa shape index (κ2) is 15.8. The summed E-state index contributed by atoms with van der Waals surface area (Å²) < 4.78 is 0. The first-order valence-corrected chi connectivity index (χ1v) is 23.7. The fraction of sp³-hybridized carbons (Fsp3) is 0. The maximum Gasteiger partial charge on any atom is 0.253 e. The van der Waals surface area contributed by atoms with Gasteiger partial charge in [0.05, 0.1) is 11.2 Å². The normalized spacial score (nSPS) is 12.6. The summed E-state index contributed by atoms with van der Waals surface area (Å²) in [5, 5.41) is 5.95. The van der Waals surface area contributed by atoms with Crippen LogP contribution in [0, 0.1) is 0 Å². The average Bonchev–Trinajstić information content (AvgIpc) is 3.43. The van der Waals surface area contributed by atoms with Crippen molar-refractivity contribution in [3.63, 3.8) is 0 Å². The van der Waals surface area contributed by atoms with Crippen LogP contribution in [0.15, 0.2) is 249 Å². The molecule has 0 amide bonds. The lowest BCUT2D eigenvalue weighted by molar-refractivity contribution is 1.21. The lowest BCUT2D eigenvalue weighted by Crippen LogP contribution is -2.61. The number of aromatic nitrogens is 2. The van der Waals surface area contributed by atoms with Gasteiger partial charge in [-0.15, -0.1) is 0 Å². The zero-order chi connectivity index (χ0) is 45.4. The number of nitrogens with zero attached hydrogens (tertiary/aromatic N) is 4. The molecule has 0 N–H and O–H groups in total. The van der Waals surface area contributed by atoms with E-state index in [1.807, 2.05) is 0 Å². The average molecular weight is 877 g/mol. The predicted molar refractivity (Wildman–Crippen MR) is 290 cm³/mol. The Hall–Kier alpha value is -9.06. The van der Waals surface area contributed by atoms with Crippen LogP contribution in [0.3, 0.4) is 0 Å². The molecule has 2 aliphatic rings. The molecule has 0 fully saturated rings. The third kappa shape index (κ3) is 6.32. The Bertz CT molecular complexity index is 3760. The van der Waals surface area contributed by atoms with Crippen LogP contribution in [0.5, 0.6) is 0 Å². The van der Waals surface area contributed by atoms with Crippen LogP contribution in [0.25, 0.3) is 77.3 Å². The lowest BCUT2D eigenvalue weighted by Gasteiger charge is -2.45. The maximum absolute atomic E-state index is 5.51. The van der Waals surface area contributed by atoms with Crippen LogP contribution in [-0.4, -0.2) is 16.7 Å². The van der Waals surface area contributed by atoms with Crippen LogP contribution in [0.1, 0.15) is 0 Å². The molecule has 0 saturated carbocycles. The molecule has 0 atom stereocenters. The molecule has 0 radical (unpaired) electrons. The molecule has 12 aromatic rings. The highest BCUT2D eigenvalue weighted by Gasteiger charge is 2.45. The van der Waals surface area contributed by atoms with Gasteiger partial charge in [-0.3, -0.25) is 0 Å². The summed E-state index contributed by atoms with van der Waals surface area (Å²) in [6, 6.07) is 90.2. The topological polar surface area (TPSA) is 32.3 Å². The first-order valence-electron chi connectivity index (χ1n) is 23.7. The fourth-order valence-electron chi connectivity index (χ4n) is 11.1. The van der Waals surface area contributed by atoms with Gasteiger partial charge in [0.15, 0.2) is 5.82 Å². The standard InChI is InChI=1S/C64H41BN4/c1-4-16-42(17-5-1)44-28-34-50(35-29-44)68-56-38-32-46-20-10-12-24-52(46)60(56)65-61-53-25-13-11-21-47(53)33-39-57(61)69(51-36-30-45(31-37-51)43-18-6-2-7-19-43)59-41-49(40-58(68)62(59)65)64-66-55-27-15-14-26-54(55)63(67-64)48-22-8-3-9-23-48/h1-41H. The van der Waals surface area contributed by atoms with E-state index in [4.69, 9.17) is 9.97 Å². The van der Waals surface area contributed by atoms with Crippen molar-refractivity contribution in [3.05, 3.63) is 249 Å². The van der Waals surface area contributed by atoms with Crippen LogP contribution >= 0.6 is 0 Å². The minimum Gasteiger partial charge on any atom is -0.311 e. The van der Waals surface area contributed by atoms with Gasteiger partial charge in [-0.2, -0.15) is 0 Å². The molecular formula is C64H41BN4. The van der Waals surface area contributed by atoms with Gasteiger partial charge in [0.1, 0.15) is 0 Å². The van der Waals surface area contributed by atoms with E-state index in [0.717, 1.165) is 61.8 Å². The van der Waals surface area contributed by atoms with E-state index in [0.29, 0.717) is 5.82 Å². The van der Waals surface area contributed by atoms with Crippen LogP contribution < -0.4 is 26.2 Å². The molecule has 4 nitrogen and oxygen atoms in total. The molecule has 0 spiro atoms. The zero-order valence-electron chi connectivity index (χ0n) is 37.5. The fourth-order valence-corrected chi connectivity index (χ4v) is 11.1. The van der Waals surface area contributed by atoms with Gasteiger partial charge in [-0.1, -0.05) is 194 Å². The molecule has 0 bridgehead atoms. The summed E-state index contributed by atoms with van der Waals surface area (Å²) in [6.07, 6.45) is 0. The van der Waals surface area contributed by atoms with E-state index >= 15 is 0 Å². The van der Waals surface area contributed by atoms with E-state index in [2.05, 4.69) is 259 Å². The summed E-state index contributed by atoms with van der Waals surface area (Å²) in [7, 11) is 0. The maximum atomic E-state index is 5.51. The van der Waals surface area contributed by atoms with Crippen LogP contribution in [-0.2, 0) is 0 Å². The zero-order valence-corrected chi connectivity index (χ0v) is 37.5. The number of hydrogen-bond donors (Lipinski definition) is 0. The summed E-state index contributed by atoms with van der Waals surface area (Å²) >= 11 is 0. The van der Waals surface area contributed by atoms with Gasteiger partial charge in [-0.25, -0.2) is 9.97 Å². The van der Waals surface area contributed by atoms with Crippen molar-refractivity contribution in [1.29, 1.82) is 0 Å². The van der Waals surface area contributed by atoms with Gasteiger partial charge in [0.2, 0.25) is 0 Å². The van der Waals surface area contributed by atoms with Crippen molar-refractivity contribution in [2.24, 2.45) is 0 Å². The van der Waals surface area contributed by atoms with Crippen molar-refractivity contribution in [2.75, 3.05) is 9.80 Å². The Morgan fingerprint density at radius 3 is 1.22 bits per heavy atom. The third-order valence-electron chi connectivity index (χ3n) is 14.2. The van der Waals surface area contributed by atoms with Gasteiger partial charge in [-0.05, 0) is 115 Å². The van der Waals surface area contributed by atoms with E-state index in [1.54, 1.807) is 0 Å². The van der Waals surface area contributed by atoms with E-state index in [1.165, 1.54) is 60.2 Å². The van der Waals surface area contributed by atoms with Crippen molar-refractivity contribution in [3.8, 4) is 44.9 Å². The predicted octanol–water partition coefficient (Wildman–Crippen LogP) is 14.7. The minimum absolute atomic E-state index is 0.108. The largest absolute Gasteiger partial charge is 0.311 e. The highest BCUT2D eigenvalue weighted by Crippen LogP contribution is 2.48. The quantitative estimate of drug-likeness (QED) is 0.156. The van der Waals surface area contributed by atoms with E-state index < -0.39 is 0 Å². The van der Waals surface area contributed by atoms with Crippen LogP contribution in [0.2, 0.25) is 0 Å². The molecule has 11 aromatic carbocycles. The Balaban J connectivity index is 1.10. The van der Waals surface area contributed by atoms with Gasteiger partial charge >= 0.3 is 0 Å². The Morgan fingerprint density at radius 2 is 0.710 bits per heavy atom. The smallest absolute Gasteiger partial charge is 0.253 e. The number of para-hydroxylation sites is 1. The Morgan fingerprint density at radius 1 is 0.290 bits per heavy atom. The molecule has 0 aliphatic carbocycles. The minimum atomic E-state index is -0.108. The van der Waals surface area contributed by atoms with Crippen LogP contribution in [0.4, 0.5) is 34.1 Å². The van der Waals surface area contributed by atoms with Crippen molar-refractivity contribution in [1.82, 2.24) is 9.97 Å². The monoisotopic (exact) mass is 876 g/mol. The second-order valence-electron chi connectivity index (χ2n) is 18.1.